The summed E-state index contributed by atoms with van der Waals surface area (Å²) in [5.41, 5.74) is 5.33. The van der Waals surface area contributed by atoms with Gasteiger partial charge in [-0.1, -0.05) is 26.0 Å². The lowest BCUT2D eigenvalue weighted by Gasteiger charge is -2.34. The van der Waals surface area contributed by atoms with Crippen molar-refractivity contribution in [3.8, 4) is 5.75 Å². The molecule has 1 fully saturated rings. The Bertz CT molecular complexity index is 991. The molecule has 1 saturated heterocycles. The monoisotopic (exact) mass is 416 g/mol. The van der Waals surface area contributed by atoms with Gasteiger partial charge in [-0.2, -0.15) is 4.31 Å². The summed E-state index contributed by atoms with van der Waals surface area (Å²) in [4.78, 5) is 2.58. The van der Waals surface area contributed by atoms with Crippen molar-refractivity contribution in [3.05, 3.63) is 58.1 Å². The third-order valence-electron chi connectivity index (χ3n) is 5.93. The third-order valence-corrected chi connectivity index (χ3v) is 7.83. The van der Waals surface area contributed by atoms with Crippen molar-refractivity contribution in [1.29, 1.82) is 0 Å². The summed E-state index contributed by atoms with van der Waals surface area (Å²) in [6, 6.07) is 9.25. The first-order chi connectivity index (χ1) is 13.6. The molecule has 2 aromatic carbocycles. The maximum Gasteiger partial charge on any atom is 0.243 e. The summed E-state index contributed by atoms with van der Waals surface area (Å²) in [6.45, 7) is 13.1. The Labute approximate surface area is 175 Å². The standard InChI is InChI=1S/C23H32N2O3S/c1-16(2)22-14-20(23(26)13-19(22)5)15-24-8-10-25(11-9-24)29(27,28)21-7-6-17(3)18(4)12-21/h6-7,12-14,16,26H,8-11,15H2,1-5H3. The van der Waals surface area contributed by atoms with Crippen molar-refractivity contribution in [2.24, 2.45) is 0 Å². The molecule has 0 spiro atoms. The van der Waals surface area contributed by atoms with Crippen LogP contribution in [0.1, 0.15) is 47.6 Å². The van der Waals surface area contributed by atoms with Gasteiger partial charge in [0, 0.05) is 38.3 Å². The van der Waals surface area contributed by atoms with Gasteiger partial charge in [0.25, 0.3) is 0 Å². The minimum atomic E-state index is -3.47. The SMILES string of the molecule is Cc1ccc(S(=O)(=O)N2CCN(Cc3cc(C(C)C)c(C)cc3O)CC2)cc1C. The molecule has 0 bridgehead atoms. The molecule has 0 amide bonds. The van der Waals surface area contributed by atoms with Crippen LogP contribution in [0.15, 0.2) is 35.2 Å². The molecule has 1 heterocycles. The van der Waals surface area contributed by atoms with Crippen molar-refractivity contribution < 1.29 is 13.5 Å². The Balaban J connectivity index is 1.69. The number of aromatic hydroxyl groups is 1. The molecule has 3 rings (SSSR count). The number of hydrogen-bond donors (Lipinski definition) is 1. The highest BCUT2D eigenvalue weighted by molar-refractivity contribution is 7.89. The molecule has 0 aromatic heterocycles. The molecular formula is C23H32N2O3S. The van der Waals surface area contributed by atoms with Crippen molar-refractivity contribution in [2.75, 3.05) is 26.2 Å². The van der Waals surface area contributed by atoms with E-state index in [2.05, 4.69) is 24.8 Å². The highest BCUT2D eigenvalue weighted by Crippen LogP contribution is 2.29. The van der Waals surface area contributed by atoms with Crippen molar-refractivity contribution in [3.63, 3.8) is 0 Å². The van der Waals surface area contributed by atoms with Gasteiger partial charge in [0.15, 0.2) is 0 Å². The first kappa shape index (κ1) is 21.8. The van der Waals surface area contributed by atoms with Gasteiger partial charge in [0.1, 0.15) is 5.75 Å². The number of piperazine rings is 1. The number of phenolic OH excluding ortho intramolecular Hbond substituents is 1. The fourth-order valence-electron chi connectivity index (χ4n) is 3.90. The maximum atomic E-state index is 13.0. The van der Waals surface area contributed by atoms with Gasteiger partial charge in [-0.3, -0.25) is 4.90 Å². The minimum absolute atomic E-state index is 0.317. The van der Waals surface area contributed by atoms with E-state index in [1.54, 1.807) is 16.4 Å². The van der Waals surface area contributed by atoms with Crippen LogP contribution in [-0.2, 0) is 16.6 Å². The summed E-state index contributed by atoms with van der Waals surface area (Å²) >= 11 is 0. The van der Waals surface area contributed by atoms with Crippen LogP contribution in [0.2, 0.25) is 0 Å². The van der Waals surface area contributed by atoms with Crippen molar-refractivity contribution in [2.45, 2.75) is 52.0 Å². The van der Waals surface area contributed by atoms with E-state index < -0.39 is 10.0 Å². The number of benzene rings is 2. The van der Waals surface area contributed by atoms with Crippen LogP contribution in [0.3, 0.4) is 0 Å². The topological polar surface area (TPSA) is 60.9 Å². The van der Waals surface area contributed by atoms with Gasteiger partial charge >= 0.3 is 0 Å². The van der Waals surface area contributed by atoms with Crippen LogP contribution in [-0.4, -0.2) is 48.9 Å². The van der Waals surface area contributed by atoms with Crippen molar-refractivity contribution >= 4 is 10.0 Å². The van der Waals surface area contributed by atoms with Crippen LogP contribution in [0.5, 0.6) is 5.75 Å². The van der Waals surface area contributed by atoms with Crippen LogP contribution < -0.4 is 0 Å². The van der Waals surface area contributed by atoms with Crippen LogP contribution >= 0.6 is 0 Å². The number of hydrogen-bond acceptors (Lipinski definition) is 4. The number of nitrogens with zero attached hydrogens (tertiary/aromatic N) is 2. The second kappa shape index (κ2) is 8.46. The molecule has 6 heteroatoms. The Morgan fingerprint density at radius 2 is 1.59 bits per heavy atom. The second-order valence-electron chi connectivity index (χ2n) is 8.42. The fraction of sp³-hybridized carbons (Fsp3) is 0.478. The van der Waals surface area contributed by atoms with Gasteiger partial charge < -0.3 is 5.11 Å². The Morgan fingerprint density at radius 1 is 0.931 bits per heavy atom. The van der Waals surface area contributed by atoms with E-state index >= 15 is 0 Å². The molecule has 0 unspecified atom stereocenters. The van der Waals surface area contributed by atoms with E-state index in [1.165, 1.54) is 5.56 Å². The number of sulfonamides is 1. The molecule has 0 aliphatic carbocycles. The maximum absolute atomic E-state index is 13.0. The van der Waals surface area contributed by atoms with E-state index in [-0.39, 0.29) is 0 Å². The van der Waals surface area contributed by atoms with Crippen molar-refractivity contribution in [1.82, 2.24) is 9.21 Å². The Kier molecular flexibility index (Phi) is 6.36. The quantitative estimate of drug-likeness (QED) is 0.802. The normalized spacial score (nSPS) is 16.5. The van der Waals surface area contributed by atoms with E-state index in [0.29, 0.717) is 49.3 Å². The summed E-state index contributed by atoms with van der Waals surface area (Å²) in [7, 11) is -3.47. The zero-order valence-electron chi connectivity index (χ0n) is 18.1. The molecule has 0 radical (unpaired) electrons. The van der Waals surface area contributed by atoms with Gasteiger partial charge in [-0.05, 0) is 67.1 Å². The van der Waals surface area contributed by atoms with Gasteiger partial charge in [0.2, 0.25) is 10.0 Å². The summed E-state index contributed by atoms with van der Waals surface area (Å²) in [5, 5.41) is 10.4. The first-order valence-electron chi connectivity index (χ1n) is 10.2. The molecule has 1 N–H and O–H groups in total. The van der Waals surface area contributed by atoms with Crippen LogP contribution in [0.4, 0.5) is 0 Å². The summed E-state index contributed by atoms with van der Waals surface area (Å²) in [5.74, 6) is 0.714. The summed E-state index contributed by atoms with van der Waals surface area (Å²) < 4.78 is 27.6. The van der Waals surface area contributed by atoms with Crippen LogP contribution in [0, 0.1) is 20.8 Å². The zero-order valence-corrected chi connectivity index (χ0v) is 18.9. The van der Waals surface area contributed by atoms with E-state index in [0.717, 1.165) is 22.3 Å². The summed E-state index contributed by atoms with van der Waals surface area (Å²) in [6.07, 6.45) is 0. The minimum Gasteiger partial charge on any atom is -0.508 e. The van der Waals surface area contributed by atoms with E-state index in [1.807, 2.05) is 32.9 Å². The van der Waals surface area contributed by atoms with Gasteiger partial charge in [-0.15, -0.1) is 0 Å². The second-order valence-corrected chi connectivity index (χ2v) is 10.4. The molecule has 29 heavy (non-hydrogen) atoms. The molecule has 1 aliphatic rings. The molecule has 0 saturated carbocycles. The predicted molar refractivity (Wildman–Crippen MR) is 117 cm³/mol. The predicted octanol–water partition coefficient (Wildman–Crippen LogP) is 3.95. The van der Waals surface area contributed by atoms with Crippen LogP contribution in [0.25, 0.3) is 0 Å². The molecular weight excluding hydrogens is 384 g/mol. The largest absolute Gasteiger partial charge is 0.508 e. The number of phenols is 1. The smallest absolute Gasteiger partial charge is 0.243 e. The Hall–Kier alpha value is -1.89. The average Bonchev–Trinajstić information content (AvgIpc) is 2.66. The number of rotatable bonds is 5. The Morgan fingerprint density at radius 3 is 2.17 bits per heavy atom. The fourth-order valence-corrected chi connectivity index (χ4v) is 5.41. The zero-order chi connectivity index (χ0) is 21.3. The molecule has 0 atom stereocenters. The van der Waals surface area contributed by atoms with Gasteiger partial charge in [0.05, 0.1) is 4.90 Å². The number of aryl methyl sites for hydroxylation is 3. The van der Waals surface area contributed by atoms with E-state index in [9.17, 15) is 13.5 Å². The third kappa shape index (κ3) is 4.65. The molecule has 158 valence electrons. The molecule has 1 aliphatic heterocycles. The first-order valence-corrected chi connectivity index (χ1v) is 11.7. The van der Waals surface area contributed by atoms with E-state index in [4.69, 9.17) is 0 Å². The lowest BCUT2D eigenvalue weighted by molar-refractivity contribution is 0.180. The average molecular weight is 417 g/mol. The molecule has 5 nitrogen and oxygen atoms in total. The highest BCUT2D eigenvalue weighted by atomic mass is 32.2. The van der Waals surface area contributed by atoms with Gasteiger partial charge in [-0.25, -0.2) is 8.42 Å². The lowest BCUT2D eigenvalue weighted by atomic mass is 9.95. The molecule has 2 aromatic rings. The highest BCUT2D eigenvalue weighted by Gasteiger charge is 2.29. The lowest BCUT2D eigenvalue weighted by Crippen LogP contribution is -2.48.